The molecule has 1 unspecified atom stereocenters. The van der Waals surface area contributed by atoms with E-state index in [1.165, 1.54) is 5.56 Å². The number of amides is 1. The lowest BCUT2D eigenvalue weighted by molar-refractivity contribution is -0.137. The molecular weight excluding hydrogens is 370 g/mol. The molecule has 0 aromatic heterocycles. The number of carbonyl (C=O) groups is 2. The highest BCUT2D eigenvalue weighted by molar-refractivity contribution is 8.01. The van der Waals surface area contributed by atoms with Gasteiger partial charge in [0.2, 0.25) is 5.91 Å². The van der Waals surface area contributed by atoms with Gasteiger partial charge < -0.3 is 10.0 Å². The number of halogens is 1. The zero-order valence-corrected chi connectivity index (χ0v) is 16.5. The molecular formula is C20H26ClNO3S. The Balaban J connectivity index is 1.69. The minimum atomic E-state index is -0.736. The maximum absolute atomic E-state index is 12.1. The summed E-state index contributed by atoms with van der Waals surface area (Å²) >= 11 is 7.70. The van der Waals surface area contributed by atoms with Crippen molar-refractivity contribution in [3.8, 4) is 0 Å². The maximum Gasteiger partial charge on any atom is 0.303 e. The smallest absolute Gasteiger partial charge is 0.303 e. The number of aliphatic carboxylic acids is 1. The van der Waals surface area contributed by atoms with Crippen LogP contribution < -0.4 is 0 Å². The van der Waals surface area contributed by atoms with Crippen LogP contribution in [0.4, 0.5) is 0 Å². The first-order valence-electron chi connectivity index (χ1n) is 9.10. The van der Waals surface area contributed by atoms with Gasteiger partial charge in [-0.3, -0.25) is 9.59 Å². The Hall–Kier alpha value is -1.46. The first kappa shape index (κ1) is 20.8. The Bertz CT molecular complexity index is 635. The van der Waals surface area contributed by atoms with Gasteiger partial charge in [-0.05, 0) is 42.4 Å². The van der Waals surface area contributed by atoms with E-state index in [9.17, 15) is 9.59 Å². The molecule has 4 nitrogen and oxygen atoms in total. The van der Waals surface area contributed by atoms with Gasteiger partial charge in [0.25, 0.3) is 0 Å². The quantitative estimate of drug-likeness (QED) is 0.529. The van der Waals surface area contributed by atoms with Crippen LogP contribution in [-0.4, -0.2) is 34.5 Å². The van der Waals surface area contributed by atoms with Gasteiger partial charge in [0, 0.05) is 30.2 Å². The lowest BCUT2D eigenvalue weighted by Gasteiger charge is -2.22. The Kier molecular flexibility index (Phi) is 9.06. The molecule has 1 fully saturated rings. The van der Waals surface area contributed by atoms with Gasteiger partial charge in [-0.25, -0.2) is 0 Å². The van der Waals surface area contributed by atoms with E-state index in [0.717, 1.165) is 43.0 Å². The summed E-state index contributed by atoms with van der Waals surface area (Å²) in [5.74, 6) is 0.353. The van der Waals surface area contributed by atoms with Crippen LogP contribution in [0.2, 0.25) is 5.02 Å². The fourth-order valence-corrected chi connectivity index (χ4v) is 4.05. The Morgan fingerprint density at radius 2 is 2.12 bits per heavy atom. The van der Waals surface area contributed by atoms with Crippen molar-refractivity contribution in [2.75, 3.05) is 6.54 Å². The molecule has 1 amide bonds. The van der Waals surface area contributed by atoms with E-state index in [1.54, 1.807) is 11.8 Å². The molecule has 1 atom stereocenters. The third kappa shape index (κ3) is 7.42. The molecule has 142 valence electrons. The number of nitrogens with zero attached hydrogens (tertiary/aromatic N) is 1. The summed E-state index contributed by atoms with van der Waals surface area (Å²) in [6, 6.07) is 8.04. The van der Waals surface area contributed by atoms with Crippen molar-refractivity contribution >= 4 is 35.2 Å². The number of benzene rings is 1. The minimum absolute atomic E-state index is 0.188. The van der Waals surface area contributed by atoms with Crippen LogP contribution in [-0.2, 0) is 15.3 Å². The summed E-state index contributed by atoms with van der Waals surface area (Å²) in [5.41, 5.74) is 1.19. The van der Waals surface area contributed by atoms with Gasteiger partial charge in [0.05, 0.1) is 6.04 Å². The van der Waals surface area contributed by atoms with Gasteiger partial charge in [-0.2, -0.15) is 0 Å². The maximum atomic E-state index is 12.1. The number of carbonyl (C=O) groups excluding carboxylic acids is 1. The van der Waals surface area contributed by atoms with Gasteiger partial charge in [-0.1, -0.05) is 42.7 Å². The van der Waals surface area contributed by atoms with Crippen LogP contribution in [0.3, 0.4) is 0 Å². The molecule has 1 aromatic rings. The largest absolute Gasteiger partial charge is 0.481 e. The molecule has 2 rings (SSSR count). The summed E-state index contributed by atoms with van der Waals surface area (Å²) in [4.78, 5) is 24.5. The number of rotatable bonds is 11. The molecule has 1 saturated heterocycles. The molecule has 26 heavy (non-hydrogen) atoms. The van der Waals surface area contributed by atoms with E-state index in [4.69, 9.17) is 16.7 Å². The van der Waals surface area contributed by atoms with E-state index >= 15 is 0 Å². The lowest BCUT2D eigenvalue weighted by atomic mass is 10.1. The van der Waals surface area contributed by atoms with Crippen LogP contribution in [0.5, 0.6) is 0 Å². The van der Waals surface area contributed by atoms with Gasteiger partial charge in [0.15, 0.2) is 0 Å². The van der Waals surface area contributed by atoms with E-state index in [0.29, 0.717) is 12.8 Å². The molecule has 0 spiro atoms. The van der Waals surface area contributed by atoms with Crippen molar-refractivity contribution in [2.24, 2.45) is 0 Å². The fraction of sp³-hybridized carbons (Fsp3) is 0.500. The van der Waals surface area contributed by atoms with Crippen LogP contribution in [0.1, 0.15) is 50.5 Å². The summed E-state index contributed by atoms with van der Waals surface area (Å²) in [6.07, 6.45) is 7.39. The number of unbranched alkanes of at least 4 members (excludes halogenated alkanes) is 3. The third-order valence-electron chi connectivity index (χ3n) is 4.45. The number of likely N-dealkylation sites (tertiary alicyclic amines) is 1. The third-order valence-corrected chi connectivity index (χ3v) is 5.53. The molecule has 0 saturated carbocycles. The molecule has 0 bridgehead atoms. The number of hydrogen-bond donors (Lipinski definition) is 1. The van der Waals surface area contributed by atoms with Crippen molar-refractivity contribution in [2.45, 2.75) is 56.7 Å². The second-order valence-corrected chi connectivity index (χ2v) is 7.85. The second-order valence-electron chi connectivity index (χ2n) is 6.52. The SMILES string of the molecule is O=C(O)CCCCCCN1C(=O)CCC1/C=C/SCc1cccc(Cl)c1. The molecule has 1 aromatic carbocycles. The van der Waals surface area contributed by atoms with Crippen molar-refractivity contribution in [3.63, 3.8) is 0 Å². The van der Waals surface area contributed by atoms with Crippen LogP contribution in [0.25, 0.3) is 0 Å². The highest BCUT2D eigenvalue weighted by Gasteiger charge is 2.28. The summed E-state index contributed by atoms with van der Waals surface area (Å²) < 4.78 is 0. The van der Waals surface area contributed by atoms with Gasteiger partial charge >= 0.3 is 5.97 Å². The highest BCUT2D eigenvalue weighted by atomic mass is 35.5. The summed E-state index contributed by atoms with van der Waals surface area (Å²) in [7, 11) is 0. The topological polar surface area (TPSA) is 57.6 Å². The van der Waals surface area contributed by atoms with E-state index in [1.807, 2.05) is 23.1 Å². The molecule has 6 heteroatoms. The van der Waals surface area contributed by atoms with Crippen molar-refractivity contribution < 1.29 is 14.7 Å². The molecule has 1 heterocycles. The van der Waals surface area contributed by atoms with Gasteiger partial charge in [0.1, 0.15) is 0 Å². The number of carboxylic acids is 1. The van der Waals surface area contributed by atoms with Crippen LogP contribution >= 0.6 is 23.4 Å². The zero-order chi connectivity index (χ0) is 18.8. The number of hydrogen-bond acceptors (Lipinski definition) is 3. The molecule has 1 aliphatic rings. The predicted octanol–water partition coefficient (Wildman–Crippen LogP) is 5.11. The van der Waals surface area contributed by atoms with Crippen LogP contribution in [0.15, 0.2) is 35.7 Å². The van der Waals surface area contributed by atoms with Crippen molar-refractivity contribution in [1.82, 2.24) is 4.90 Å². The molecule has 1 aliphatic heterocycles. The summed E-state index contributed by atoms with van der Waals surface area (Å²) in [5, 5.41) is 11.5. The average molecular weight is 396 g/mol. The molecule has 0 aliphatic carbocycles. The first-order valence-corrected chi connectivity index (χ1v) is 10.5. The Morgan fingerprint density at radius 1 is 1.31 bits per heavy atom. The predicted molar refractivity (Wildman–Crippen MR) is 107 cm³/mol. The number of thioether (sulfide) groups is 1. The minimum Gasteiger partial charge on any atom is -0.481 e. The zero-order valence-electron chi connectivity index (χ0n) is 14.9. The van der Waals surface area contributed by atoms with Crippen molar-refractivity contribution in [1.29, 1.82) is 0 Å². The lowest BCUT2D eigenvalue weighted by Crippen LogP contribution is -2.32. The van der Waals surface area contributed by atoms with E-state index < -0.39 is 5.97 Å². The first-order chi connectivity index (χ1) is 12.6. The van der Waals surface area contributed by atoms with E-state index in [-0.39, 0.29) is 18.4 Å². The summed E-state index contributed by atoms with van der Waals surface area (Å²) in [6.45, 7) is 0.764. The van der Waals surface area contributed by atoms with Crippen molar-refractivity contribution in [3.05, 3.63) is 46.3 Å². The second kappa shape index (κ2) is 11.3. The number of carboxylic acid groups (broad SMARTS) is 1. The monoisotopic (exact) mass is 395 g/mol. The molecule has 1 N–H and O–H groups in total. The van der Waals surface area contributed by atoms with E-state index in [2.05, 4.69) is 17.6 Å². The Labute approximate surface area is 164 Å². The Morgan fingerprint density at radius 3 is 2.88 bits per heavy atom. The van der Waals surface area contributed by atoms with Gasteiger partial charge in [-0.15, -0.1) is 11.8 Å². The highest BCUT2D eigenvalue weighted by Crippen LogP contribution is 2.23. The fourth-order valence-electron chi connectivity index (χ4n) is 3.08. The molecule has 0 radical (unpaired) electrons. The average Bonchev–Trinajstić information content (AvgIpc) is 2.95. The normalized spacial score (nSPS) is 17.3. The van der Waals surface area contributed by atoms with Crippen LogP contribution in [0, 0.1) is 0 Å². The standard InChI is InChI=1S/C20H26ClNO3S/c21-17-7-5-6-16(14-17)15-26-13-11-18-9-10-19(23)22(18)12-4-2-1-3-8-20(24)25/h5-7,11,13-14,18H,1-4,8-10,12,15H2,(H,24,25)/b13-11+.